The molecule has 2 fully saturated rings. The van der Waals surface area contributed by atoms with Gasteiger partial charge in [0.05, 0.1) is 39.3 Å². The van der Waals surface area contributed by atoms with Crippen LogP contribution < -0.4 is 20.1 Å². The number of halogens is 4. The van der Waals surface area contributed by atoms with Crippen molar-refractivity contribution < 1.29 is 22.6 Å². The standard InChI is InChI=1S/C30H35ClF3N7O2/c1-17-14-29(6-5-7-41(29)15-17)16-43-28-36-20-13-19(25-23(30(32,33)34)18(2)12-21(35)37-25)24(31)26-22(20)27(38-28)40(10-11-42-26)9-8-39(3)4/h12-13H,1,5-11,14-16H2,2-4H3,(H2,35,37)/t29-/m0/s1. The van der Waals surface area contributed by atoms with Crippen LogP contribution in [-0.2, 0) is 6.18 Å². The third-order valence-electron chi connectivity index (χ3n) is 8.55. The lowest BCUT2D eigenvalue weighted by Gasteiger charge is -2.31. The van der Waals surface area contributed by atoms with E-state index in [1.54, 1.807) is 0 Å². The van der Waals surface area contributed by atoms with Gasteiger partial charge >= 0.3 is 12.2 Å². The van der Waals surface area contributed by atoms with Gasteiger partial charge in [-0.3, -0.25) is 4.90 Å². The highest BCUT2D eigenvalue weighted by Gasteiger charge is 2.46. The van der Waals surface area contributed by atoms with Crippen molar-refractivity contribution in [1.29, 1.82) is 0 Å². The molecule has 6 rings (SSSR count). The Morgan fingerprint density at radius 2 is 2.00 bits per heavy atom. The Morgan fingerprint density at radius 3 is 2.74 bits per heavy atom. The maximum absolute atomic E-state index is 14.3. The number of ether oxygens (including phenoxy) is 2. The minimum absolute atomic E-state index is 0.00608. The van der Waals surface area contributed by atoms with Crippen molar-refractivity contribution >= 4 is 34.1 Å². The Kier molecular flexibility index (Phi) is 7.58. The molecule has 0 radical (unpaired) electrons. The van der Waals surface area contributed by atoms with Gasteiger partial charge in [-0.2, -0.15) is 23.1 Å². The van der Waals surface area contributed by atoms with Crippen LogP contribution in [0.5, 0.6) is 11.8 Å². The number of benzene rings is 1. The Balaban J connectivity index is 1.52. The minimum atomic E-state index is -4.70. The first-order valence-corrected chi connectivity index (χ1v) is 14.7. The van der Waals surface area contributed by atoms with E-state index in [9.17, 15) is 13.2 Å². The van der Waals surface area contributed by atoms with Crippen molar-refractivity contribution in [2.24, 2.45) is 0 Å². The fourth-order valence-electron chi connectivity index (χ4n) is 6.60. The van der Waals surface area contributed by atoms with Crippen molar-refractivity contribution in [3.63, 3.8) is 0 Å². The van der Waals surface area contributed by atoms with Gasteiger partial charge in [0, 0.05) is 25.2 Å². The summed E-state index contributed by atoms with van der Waals surface area (Å²) < 4.78 is 55.4. The molecule has 0 spiro atoms. The maximum Gasteiger partial charge on any atom is 0.418 e. The number of anilines is 2. The third-order valence-corrected chi connectivity index (χ3v) is 8.92. The van der Waals surface area contributed by atoms with Gasteiger partial charge in [0.25, 0.3) is 0 Å². The topological polar surface area (TPSA) is 92.9 Å². The fraction of sp³-hybridized carbons (Fsp3) is 0.500. The monoisotopic (exact) mass is 617 g/mol. The summed E-state index contributed by atoms with van der Waals surface area (Å²) in [5.74, 6) is 0.724. The number of hydrogen-bond acceptors (Lipinski definition) is 9. The molecule has 5 heterocycles. The summed E-state index contributed by atoms with van der Waals surface area (Å²) in [5, 5.41) is 0.509. The van der Waals surface area contributed by atoms with E-state index in [-0.39, 0.29) is 51.6 Å². The molecule has 43 heavy (non-hydrogen) atoms. The van der Waals surface area contributed by atoms with Crippen LogP contribution in [0.1, 0.15) is 30.4 Å². The highest BCUT2D eigenvalue weighted by molar-refractivity contribution is 6.36. The van der Waals surface area contributed by atoms with Crippen LogP contribution in [0.2, 0.25) is 5.02 Å². The van der Waals surface area contributed by atoms with Gasteiger partial charge in [-0.1, -0.05) is 23.8 Å². The van der Waals surface area contributed by atoms with Crippen LogP contribution in [0.4, 0.5) is 24.8 Å². The normalized spacial score (nSPS) is 20.6. The lowest BCUT2D eigenvalue weighted by Crippen LogP contribution is -2.43. The molecule has 3 aromatic rings. The molecule has 3 aliphatic rings. The van der Waals surface area contributed by atoms with Crippen LogP contribution in [0.15, 0.2) is 24.3 Å². The van der Waals surface area contributed by atoms with Crippen molar-refractivity contribution in [3.05, 3.63) is 40.4 Å². The van der Waals surface area contributed by atoms with E-state index in [4.69, 9.17) is 36.8 Å². The number of pyridine rings is 1. The number of nitrogens with two attached hydrogens (primary N) is 1. The highest BCUT2D eigenvalue weighted by Crippen LogP contribution is 2.48. The first kappa shape index (κ1) is 29.7. The summed E-state index contributed by atoms with van der Waals surface area (Å²) in [6.45, 7) is 9.87. The lowest BCUT2D eigenvalue weighted by molar-refractivity contribution is -0.137. The van der Waals surface area contributed by atoms with E-state index < -0.39 is 11.7 Å². The Bertz CT molecular complexity index is 1600. The van der Waals surface area contributed by atoms with Crippen molar-refractivity contribution in [3.8, 4) is 23.0 Å². The highest BCUT2D eigenvalue weighted by atomic mass is 35.5. The predicted molar refractivity (Wildman–Crippen MR) is 161 cm³/mol. The molecule has 0 aliphatic carbocycles. The lowest BCUT2D eigenvalue weighted by atomic mass is 9.94. The largest absolute Gasteiger partial charge is 0.489 e. The minimum Gasteiger partial charge on any atom is -0.489 e. The fourth-order valence-corrected chi connectivity index (χ4v) is 6.89. The predicted octanol–water partition coefficient (Wildman–Crippen LogP) is 5.19. The summed E-state index contributed by atoms with van der Waals surface area (Å²) >= 11 is 6.86. The number of aryl methyl sites for hydroxylation is 1. The molecule has 1 aromatic carbocycles. The summed E-state index contributed by atoms with van der Waals surface area (Å²) in [7, 11) is 3.97. The molecule has 2 aromatic heterocycles. The van der Waals surface area contributed by atoms with E-state index in [1.165, 1.54) is 24.6 Å². The van der Waals surface area contributed by atoms with Crippen molar-refractivity contribution in [1.82, 2.24) is 24.8 Å². The molecule has 0 unspecified atom stereocenters. The summed E-state index contributed by atoms with van der Waals surface area (Å²) in [6, 6.07) is 2.85. The molecule has 230 valence electrons. The smallest absolute Gasteiger partial charge is 0.418 e. The molecule has 0 amide bonds. The van der Waals surface area contributed by atoms with E-state index in [1.807, 2.05) is 14.1 Å². The second-order valence-electron chi connectivity index (χ2n) is 12.0. The van der Waals surface area contributed by atoms with Crippen LogP contribution in [-0.4, -0.2) is 90.3 Å². The molecule has 0 saturated carbocycles. The number of hydrogen-bond donors (Lipinski definition) is 1. The van der Waals surface area contributed by atoms with E-state index in [2.05, 4.69) is 26.3 Å². The van der Waals surface area contributed by atoms with E-state index in [0.717, 1.165) is 38.9 Å². The molecular weight excluding hydrogens is 583 g/mol. The zero-order chi connectivity index (χ0) is 30.7. The van der Waals surface area contributed by atoms with Gasteiger partial charge in [-0.25, -0.2) is 4.98 Å². The first-order valence-electron chi connectivity index (χ1n) is 14.3. The molecule has 3 aliphatic heterocycles. The van der Waals surface area contributed by atoms with Crippen LogP contribution in [0.3, 0.4) is 0 Å². The molecule has 13 heteroatoms. The molecular formula is C30H35ClF3N7O2. The van der Waals surface area contributed by atoms with Crippen LogP contribution in [0.25, 0.3) is 22.2 Å². The summed E-state index contributed by atoms with van der Waals surface area (Å²) in [5.41, 5.74) is 5.98. The van der Waals surface area contributed by atoms with Crippen molar-refractivity contribution in [2.75, 3.05) is 70.7 Å². The number of nitrogens with zero attached hydrogens (tertiary/aromatic N) is 6. The average Bonchev–Trinajstić information content (AvgIpc) is 3.36. The Hall–Kier alpha value is -3.35. The SMILES string of the molecule is C=C1CN2CCC[C@@]2(COc2nc3c4c(c(Cl)c(-c5nc(N)cc(C)c5C(F)(F)F)cc4n2)OCCN3CCN(C)C)C1. The number of aromatic nitrogens is 3. The van der Waals surface area contributed by atoms with E-state index >= 15 is 0 Å². The molecule has 2 N–H and O–H groups in total. The van der Waals surface area contributed by atoms with Crippen molar-refractivity contribution in [2.45, 2.75) is 37.9 Å². The third kappa shape index (κ3) is 5.44. The van der Waals surface area contributed by atoms with Gasteiger partial charge in [0.1, 0.15) is 24.8 Å². The Morgan fingerprint density at radius 1 is 1.21 bits per heavy atom. The summed E-state index contributed by atoms with van der Waals surface area (Å²) in [4.78, 5) is 20.2. The number of rotatable bonds is 7. The second kappa shape index (κ2) is 11.0. The van der Waals surface area contributed by atoms with Gasteiger partial charge < -0.3 is 25.0 Å². The zero-order valence-electron chi connectivity index (χ0n) is 24.5. The van der Waals surface area contributed by atoms with Gasteiger partial charge in [0.15, 0.2) is 5.75 Å². The number of nitrogen functional groups attached to an aromatic ring is 1. The first-order chi connectivity index (χ1) is 20.4. The van der Waals surface area contributed by atoms with Gasteiger partial charge in [-0.05, 0) is 64.5 Å². The van der Waals surface area contributed by atoms with Gasteiger partial charge in [0.2, 0.25) is 0 Å². The molecule has 1 atom stereocenters. The van der Waals surface area contributed by atoms with Crippen LogP contribution in [0, 0.1) is 6.92 Å². The number of alkyl halides is 3. The number of likely N-dealkylation sites (N-methyl/N-ethyl adjacent to an activating group) is 1. The quantitative estimate of drug-likeness (QED) is 0.360. The average molecular weight is 618 g/mol. The maximum atomic E-state index is 14.3. The Labute approximate surface area is 253 Å². The summed E-state index contributed by atoms with van der Waals surface area (Å²) in [6.07, 6.45) is -1.78. The number of fused-ring (bicyclic) bond motifs is 1. The molecule has 9 nitrogen and oxygen atoms in total. The zero-order valence-corrected chi connectivity index (χ0v) is 25.3. The van der Waals surface area contributed by atoms with Gasteiger partial charge in [-0.15, -0.1) is 0 Å². The van der Waals surface area contributed by atoms with Crippen LogP contribution >= 0.6 is 11.6 Å². The molecule has 2 saturated heterocycles. The van der Waals surface area contributed by atoms with E-state index in [0.29, 0.717) is 36.4 Å². The second-order valence-corrected chi connectivity index (χ2v) is 12.4. The molecule has 0 bridgehead atoms.